The Balaban J connectivity index is 1.58. The Hall–Kier alpha value is -2.63. The van der Waals surface area contributed by atoms with E-state index in [0.29, 0.717) is 13.0 Å². The van der Waals surface area contributed by atoms with Gasteiger partial charge in [0.15, 0.2) is 5.78 Å². The molecule has 0 saturated heterocycles. The molecule has 136 valence electrons. The number of ketones is 1. The van der Waals surface area contributed by atoms with Crippen LogP contribution in [0.15, 0.2) is 54.7 Å². The number of rotatable bonds is 7. The summed E-state index contributed by atoms with van der Waals surface area (Å²) < 4.78 is 1.97. The van der Waals surface area contributed by atoms with E-state index in [1.807, 2.05) is 49.0 Å². The fraction of sp³-hybridized carbons (Fsp3) is 0.286. The van der Waals surface area contributed by atoms with Gasteiger partial charge < -0.3 is 20.1 Å². The van der Waals surface area contributed by atoms with Crippen LogP contribution in [0.5, 0.6) is 5.75 Å². The number of phenolic OH excluding ortho intramolecular Hbond substituents is 1. The Kier molecular flexibility index (Phi) is 5.40. The van der Waals surface area contributed by atoms with Crippen molar-refractivity contribution in [2.75, 3.05) is 6.54 Å². The number of Topliss-reactive ketones (excluding diaryl/α,β-unsaturated/α-hetero) is 1. The van der Waals surface area contributed by atoms with Crippen LogP contribution in [0.4, 0.5) is 0 Å². The number of phenols is 1. The largest absolute Gasteiger partial charge is 0.508 e. The minimum Gasteiger partial charge on any atom is -0.508 e. The van der Waals surface area contributed by atoms with Gasteiger partial charge in [-0.1, -0.05) is 30.3 Å². The van der Waals surface area contributed by atoms with E-state index in [9.17, 15) is 15.0 Å². The third kappa shape index (κ3) is 3.79. The number of hydrogen-bond acceptors (Lipinski definition) is 4. The lowest BCUT2D eigenvalue weighted by Gasteiger charge is -2.20. The molecule has 0 fully saturated rings. The molecule has 3 aromatic rings. The maximum atomic E-state index is 12.6. The van der Waals surface area contributed by atoms with Gasteiger partial charge in [-0.2, -0.15) is 0 Å². The zero-order valence-electron chi connectivity index (χ0n) is 15.0. The lowest BCUT2D eigenvalue weighted by Crippen LogP contribution is -2.33. The van der Waals surface area contributed by atoms with E-state index in [-0.39, 0.29) is 17.6 Å². The molecule has 3 rings (SSSR count). The summed E-state index contributed by atoms with van der Waals surface area (Å²) in [4.78, 5) is 12.6. The molecule has 1 aromatic heterocycles. The van der Waals surface area contributed by atoms with Crippen LogP contribution in [0.1, 0.15) is 35.4 Å². The summed E-state index contributed by atoms with van der Waals surface area (Å²) in [5.41, 5.74) is 2.50. The first-order valence-corrected chi connectivity index (χ1v) is 8.75. The number of benzene rings is 2. The molecule has 0 amide bonds. The summed E-state index contributed by atoms with van der Waals surface area (Å²) >= 11 is 0. The van der Waals surface area contributed by atoms with Gasteiger partial charge in [-0.15, -0.1) is 0 Å². The van der Waals surface area contributed by atoms with Crippen molar-refractivity contribution in [1.29, 1.82) is 0 Å². The molecule has 0 aliphatic heterocycles. The van der Waals surface area contributed by atoms with E-state index in [2.05, 4.69) is 5.32 Å². The number of aliphatic hydroxyl groups is 1. The lowest BCUT2D eigenvalue weighted by molar-refractivity contribution is 0.0973. The van der Waals surface area contributed by atoms with Gasteiger partial charge in [-0.25, -0.2) is 0 Å². The number of aromatic nitrogens is 1. The molecule has 0 spiro atoms. The Labute approximate surface area is 152 Å². The van der Waals surface area contributed by atoms with Crippen LogP contribution in [-0.4, -0.2) is 33.1 Å². The van der Waals surface area contributed by atoms with Gasteiger partial charge in [0.2, 0.25) is 0 Å². The standard InChI is InChI=1S/C21H24N2O3/c1-14(21(26)15-7-9-16(24)10-8-15)22-12-11-20(25)18-13-23(2)19-6-4-3-5-17(18)19/h3-10,13-14,21-22,24,26H,11-12H2,1-2H3. The monoisotopic (exact) mass is 352 g/mol. The van der Waals surface area contributed by atoms with Crippen molar-refractivity contribution in [1.82, 2.24) is 9.88 Å². The first-order valence-electron chi connectivity index (χ1n) is 8.75. The first-order chi connectivity index (χ1) is 12.5. The van der Waals surface area contributed by atoms with Crippen molar-refractivity contribution in [3.8, 4) is 5.75 Å². The molecule has 5 heteroatoms. The van der Waals surface area contributed by atoms with Crippen molar-refractivity contribution in [2.24, 2.45) is 7.05 Å². The molecule has 2 unspecified atom stereocenters. The molecule has 0 saturated carbocycles. The molecule has 0 aliphatic carbocycles. The lowest BCUT2D eigenvalue weighted by atomic mass is 10.0. The van der Waals surface area contributed by atoms with E-state index < -0.39 is 6.10 Å². The average molecular weight is 352 g/mol. The molecule has 0 radical (unpaired) electrons. The smallest absolute Gasteiger partial charge is 0.166 e. The van der Waals surface area contributed by atoms with Gasteiger partial charge in [0.1, 0.15) is 5.75 Å². The number of aliphatic hydroxyl groups excluding tert-OH is 1. The third-order valence-corrected chi connectivity index (χ3v) is 4.72. The summed E-state index contributed by atoms with van der Waals surface area (Å²) in [6.45, 7) is 2.36. The SMILES string of the molecule is CC(NCCC(=O)c1cn(C)c2ccccc12)C(O)c1ccc(O)cc1. The second kappa shape index (κ2) is 7.72. The number of carbonyl (C=O) groups excluding carboxylic acids is 1. The van der Waals surface area contributed by atoms with E-state index in [1.165, 1.54) is 0 Å². The number of aromatic hydroxyl groups is 1. The van der Waals surface area contributed by atoms with Gasteiger partial charge in [0.05, 0.1) is 6.10 Å². The first kappa shape index (κ1) is 18.2. The summed E-state index contributed by atoms with van der Waals surface area (Å²) in [6.07, 6.45) is 1.53. The maximum Gasteiger partial charge on any atom is 0.166 e. The quantitative estimate of drug-likeness (QED) is 0.571. The minimum absolute atomic E-state index is 0.0839. The fourth-order valence-corrected chi connectivity index (χ4v) is 3.18. The zero-order chi connectivity index (χ0) is 18.7. The van der Waals surface area contributed by atoms with Gasteiger partial charge in [-0.3, -0.25) is 4.79 Å². The summed E-state index contributed by atoms with van der Waals surface area (Å²) in [6, 6.07) is 14.1. The number of para-hydroxylation sites is 1. The average Bonchev–Trinajstić information content (AvgIpc) is 2.99. The van der Waals surface area contributed by atoms with Crippen LogP contribution in [-0.2, 0) is 7.05 Å². The molecule has 26 heavy (non-hydrogen) atoms. The zero-order valence-corrected chi connectivity index (χ0v) is 15.0. The number of hydrogen-bond donors (Lipinski definition) is 3. The predicted octanol–water partition coefficient (Wildman–Crippen LogP) is 3.17. The molecular weight excluding hydrogens is 328 g/mol. The van der Waals surface area contributed by atoms with E-state index >= 15 is 0 Å². The van der Waals surface area contributed by atoms with Crippen molar-refractivity contribution in [3.63, 3.8) is 0 Å². The molecule has 1 heterocycles. The normalized spacial score (nSPS) is 13.7. The summed E-state index contributed by atoms with van der Waals surface area (Å²) in [5, 5.41) is 23.9. The van der Waals surface area contributed by atoms with Crippen molar-refractivity contribution in [2.45, 2.75) is 25.5 Å². The molecule has 2 atom stereocenters. The van der Waals surface area contributed by atoms with Crippen LogP contribution < -0.4 is 5.32 Å². The Morgan fingerprint density at radius 2 is 1.85 bits per heavy atom. The molecule has 0 bridgehead atoms. The Morgan fingerprint density at radius 3 is 2.58 bits per heavy atom. The fourth-order valence-electron chi connectivity index (χ4n) is 3.18. The molecule has 0 aliphatic rings. The topological polar surface area (TPSA) is 74.5 Å². The molecule has 3 N–H and O–H groups in total. The highest BCUT2D eigenvalue weighted by molar-refractivity contribution is 6.08. The number of aryl methyl sites for hydroxylation is 1. The number of nitrogens with zero attached hydrogens (tertiary/aromatic N) is 1. The second-order valence-electron chi connectivity index (χ2n) is 6.62. The van der Waals surface area contributed by atoms with Crippen LogP contribution >= 0.6 is 0 Å². The highest BCUT2D eigenvalue weighted by atomic mass is 16.3. The van der Waals surface area contributed by atoms with Gasteiger partial charge in [0.25, 0.3) is 0 Å². The summed E-state index contributed by atoms with van der Waals surface area (Å²) in [5.74, 6) is 0.253. The maximum absolute atomic E-state index is 12.6. The molecular formula is C21H24N2O3. The minimum atomic E-state index is -0.705. The number of carbonyl (C=O) groups is 1. The van der Waals surface area contributed by atoms with Gasteiger partial charge >= 0.3 is 0 Å². The third-order valence-electron chi connectivity index (χ3n) is 4.72. The highest BCUT2D eigenvalue weighted by Gasteiger charge is 2.17. The van der Waals surface area contributed by atoms with E-state index in [0.717, 1.165) is 22.0 Å². The highest BCUT2D eigenvalue weighted by Crippen LogP contribution is 2.22. The van der Waals surface area contributed by atoms with Crippen LogP contribution in [0.3, 0.4) is 0 Å². The van der Waals surface area contributed by atoms with E-state index in [1.54, 1.807) is 24.3 Å². The van der Waals surface area contributed by atoms with Crippen LogP contribution in [0.25, 0.3) is 10.9 Å². The van der Waals surface area contributed by atoms with Crippen molar-refractivity contribution >= 4 is 16.7 Å². The van der Waals surface area contributed by atoms with Crippen molar-refractivity contribution in [3.05, 3.63) is 65.9 Å². The predicted molar refractivity (Wildman–Crippen MR) is 102 cm³/mol. The Bertz CT molecular complexity index is 899. The molecule has 2 aromatic carbocycles. The number of nitrogens with one attached hydrogen (secondary N) is 1. The summed E-state index contributed by atoms with van der Waals surface area (Å²) in [7, 11) is 1.94. The van der Waals surface area contributed by atoms with Gasteiger partial charge in [-0.05, 0) is 30.7 Å². The Morgan fingerprint density at radius 1 is 1.15 bits per heavy atom. The van der Waals surface area contributed by atoms with Crippen LogP contribution in [0.2, 0.25) is 0 Å². The molecule has 5 nitrogen and oxygen atoms in total. The second-order valence-corrected chi connectivity index (χ2v) is 6.62. The van der Waals surface area contributed by atoms with Gasteiger partial charge in [0, 0.05) is 48.7 Å². The number of fused-ring (bicyclic) bond motifs is 1. The van der Waals surface area contributed by atoms with E-state index in [4.69, 9.17) is 0 Å². The van der Waals surface area contributed by atoms with Crippen LogP contribution in [0, 0.1) is 0 Å². The van der Waals surface area contributed by atoms with Crippen molar-refractivity contribution < 1.29 is 15.0 Å².